The second-order valence-corrected chi connectivity index (χ2v) is 4.66. The number of carbonyl (C=O) groups excluding carboxylic acids is 1. The van der Waals surface area contributed by atoms with Gasteiger partial charge in [-0.15, -0.1) is 0 Å². The Kier molecular flexibility index (Phi) is 6.44. The summed E-state index contributed by atoms with van der Waals surface area (Å²) in [5.74, 6) is -0.271. The van der Waals surface area contributed by atoms with Crippen molar-refractivity contribution in [3.63, 3.8) is 0 Å². The molecule has 0 aliphatic heterocycles. The van der Waals surface area contributed by atoms with Crippen LogP contribution in [0.4, 0.5) is 14.5 Å². The maximum Gasteiger partial charge on any atom is 0.387 e. The van der Waals surface area contributed by atoms with E-state index >= 15 is 0 Å². The Balaban J connectivity index is 1.87. The molecule has 1 amide bonds. The fourth-order valence-electron chi connectivity index (χ4n) is 1.80. The van der Waals surface area contributed by atoms with E-state index in [1.807, 2.05) is 6.92 Å². The number of hydrogen-bond acceptors (Lipinski definition) is 4. The Morgan fingerprint density at radius 2 is 2.12 bits per heavy atom. The average Bonchev–Trinajstić information content (AvgIpc) is 2.99. The van der Waals surface area contributed by atoms with Crippen molar-refractivity contribution in [3.8, 4) is 5.75 Å². The van der Waals surface area contributed by atoms with Crippen LogP contribution >= 0.6 is 0 Å². The molecule has 0 radical (unpaired) electrons. The molecule has 6 nitrogen and oxygen atoms in total. The fraction of sp³-hybridized carbons (Fsp3) is 0.250. The molecule has 2 rings (SSSR count). The summed E-state index contributed by atoms with van der Waals surface area (Å²) < 4.78 is 35.1. The first-order chi connectivity index (χ1) is 11.6. The van der Waals surface area contributed by atoms with Crippen LogP contribution in [0.3, 0.4) is 0 Å². The van der Waals surface area contributed by atoms with Crippen molar-refractivity contribution < 1.29 is 23.0 Å². The van der Waals surface area contributed by atoms with E-state index in [2.05, 4.69) is 15.2 Å². The van der Waals surface area contributed by atoms with Gasteiger partial charge in [-0.05, 0) is 30.7 Å². The highest BCUT2D eigenvalue weighted by molar-refractivity contribution is 6.01. The second kappa shape index (κ2) is 8.78. The van der Waals surface area contributed by atoms with Gasteiger partial charge in [-0.1, -0.05) is 12.1 Å². The number of hydrogen-bond donors (Lipinski definition) is 1. The molecular formula is C16H17F2N3O3. The van der Waals surface area contributed by atoms with Gasteiger partial charge in [-0.3, -0.25) is 4.79 Å². The summed E-state index contributed by atoms with van der Waals surface area (Å²) in [5, 5.41) is 6.69. The molecule has 1 aromatic carbocycles. The molecule has 0 aliphatic rings. The Morgan fingerprint density at radius 3 is 2.79 bits per heavy atom. The monoisotopic (exact) mass is 337 g/mol. The van der Waals surface area contributed by atoms with E-state index in [-0.39, 0.29) is 11.7 Å². The number of ether oxygens (including phenoxy) is 2. The van der Waals surface area contributed by atoms with Crippen LogP contribution in [-0.4, -0.2) is 28.9 Å². The van der Waals surface area contributed by atoms with Gasteiger partial charge in [0.15, 0.2) is 0 Å². The third-order valence-electron chi connectivity index (χ3n) is 2.86. The number of nitrogens with zero attached hydrogens (tertiary/aromatic N) is 2. The molecule has 1 aromatic heterocycles. The van der Waals surface area contributed by atoms with Crippen molar-refractivity contribution in [1.82, 2.24) is 9.78 Å². The molecule has 8 heteroatoms. The Labute approximate surface area is 137 Å². The number of anilines is 1. The van der Waals surface area contributed by atoms with Gasteiger partial charge in [-0.2, -0.15) is 13.9 Å². The number of rotatable bonds is 8. The Hall–Kier alpha value is -2.74. The molecule has 0 saturated heterocycles. The molecule has 0 fully saturated rings. The predicted octanol–water partition coefficient (Wildman–Crippen LogP) is 3.13. The van der Waals surface area contributed by atoms with Crippen molar-refractivity contribution in [2.24, 2.45) is 0 Å². The van der Waals surface area contributed by atoms with Crippen molar-refractivity contribution in [1.29, 1.82) is 0 Å². The topological polar surface area (TPSA) is 65.4 Å². The van der Waals surface area contributed by atoms with Gasteiger partial charge in [-0.25, -0.2) is 4.68 Å². The molecule has 0 spiro atoms. The van der Waals surface area contributed by atoms with E-state index in [0.29, 0.717) is 24.6 Å². The fourth-order valence-corrected chi connectivity index (χ4v) is 1.80. The summed E-state index contributed by atoms with van der Waals surface area (Å²) in [6.07, 6.45) is 6.06. The second-order valence-electron chi connectivity index (χ2n) is 4.66. The van der Waals surface area contributed by atoms with Crippen LogP contribution in [-0.2, 0) is 16.3 Å². The summed E-state index contributed by atoms with van der Waals surface area (Å²) in [7, 11) is 0. The van der Waals surface area contributed by atoms with E-state index < -0.39 is 6.61 Å². The van der Waals surface area contributed by atoms with Crippen LogP contribution in [0.25, 0.3) is 6.08 Å². The zero-order chi connectivity index (χ0) is 17.4. The molecule has 0 unspecified atom stereocenters. The highest BCUT2D eigenvalue weighted by atomic mass is 19.3. The number of nitrogens with one attached hydrogen (secondary N) is 1. The zero-order valence-corrected chi connectivity index (χ0v) is 13.0. The van der Waals surface area contributed by atoms with E-state index in [0.717, 1.165) is 0 Å². The maximum absolute atomic E-state index is 12.0. The number of benzene rings is 1. The minimum Gasteiger partial charge on any atom is -0.435 e. The van der Waals surface area contributed by atoms with Gasteiger partial charge >= 0.3 is 6.61 Å². The van der Waals surface area contributed by atoms with Gasteiger partial charge < -0.3 is 14.8 Å². The molecule has 0 aliphatic carbocycles. The molecule has 0 bridgehead atoms. The highest BCUT2D eigenvalue weighted by Gasteiger charge is 2.04. The van der Waals surface area contributed by atoms with Crippen LogP contribution < -0.4 is 10.1 Å². The predicted molar refractivity (Wildman–Crippen MR) is 84.6 cm³/mol. The lowest BCUT2D eigenvalue weighted by atomic mass is 10.2. The van der Waals surface area contributed by atoms with Crippen LogP contribution in [0.15, 0.2) is 42.7 Å². The van der Waals surface area contributed by atoms with Crippen molar-refractivity contribution >= 4 is 17.7 Å². The molecule has 0 atom stereocenters. The first-order valence-electron chi connectivity index (χ1n) is 7.21. The average molecular weight is 337 g/mol. The van der Waals surface area contributed by atoms with Gasteiger partial charge in [0.25, 0.3) is 0 Å². The third kappa shape index (κ3) is 5.81. The minimum atomic E-state index is -2.86. The van der Waals surface area contributed by atoms with E-state index in [9.17, 15) is 13.6 Å². The van der Waals surface area contributed by atoms with Crippen LogP contribution in [0.5, 0.6) is 5.75 Å². The quantitative estimate of drug-likeness (QED) is 0.752. The smallest absolute Gasteiger partial charge is 0.387 e. The molecular weight excluding hydrogens is 320 g/mol. The number of alkyl halides is 2. The first kappa shape index (κ1) is 17.6. The van der Waals surface area contributed by atoms with E-state index in [1.54, 1.807) is 29.1 Å². The molecule has 1 heterocycles. The van der Waals surface area contributed by atoms with Crippen molar-refractivity contribution in [2.45, 2.75) is 20.3 Å². The summed E-state index contributed by atoms with van der Waals surface area (Å²) in [6, 6.07) is 5.95. The van der Waals surface area contributed by atoms with Crippen LogP contribution in [0.1, 0.15) is 12.5 Å². The zero-order valence-electron chi connectivity index (χ0n) is 13.0. The Morgan fingerprint density at radius 1 is 1.38 bits per heavy atom. The lowest BCUT2D eigenvalue weighted by Gasteiger charge is -2.03. The largest absolute Gasteiger partial charge is 0.435 e. The number of halogens is 2. The lowest BCUT2D eigenvalue weighted by Crippen LogP contribution is -2.07. The number of amides is 1. The molecule has 1 N–H and O–H groups in total. The number of carbonyl (C=O) groups is 1. The third-order valence-corrected chi connectivity index (χ3v) is 2.86. The normalized spacial score (nSPS) is 11.2. The van der Waals surface area contributed by atoms with E-state index in [4.69, 9.17) is 4.74 Å². The lowest BCUT2D eigenvalue weighted by molar-refractivity contribution is -0.111. The van der Waals surface area contributed by atoms with Gasteiger partial charge in [0.1, 0.15) is 12.5 Å². The Bertz CT molecular complexity index is 684. The summed E-state index contributed by atoms with van der Waals surface area (Å²) in [5.41, 5.74) is 1.23. The minimum absolute atomic E-state index is 0.0633. The molecule has 24 heavy (non-hydrogen) atoms. The summed E-state index contributed by atoms with van der Waals surface area (Å²) in [6.45, 7) is -0.0927. The highest BCUT2D eigenvalue weighted by Crippen LogP contribution is 2.15. The van der Waals surface area contributed by atoms with Gasteiger partial charge in [0.05, 0.1) is 18.1 Å². The maximum atomic E-state index is 12.0. The first-order valence-corrected chi connectivity index (χ1v) is 7.21. The molecule has 2 aromatic rings. The summed E-state index contributed by atoms with van der Waals surface area (Å²) in [4.78, 5) is 11.8. The van der Waals surface area contributed by atoms with Crippen molar-refractivity contribution in [2.75, 3.05) is 11.9 Å². The summed E-state index contributed by atoms with van der Waals surface area (Å²) >= 11 is 0. The van der Waals surface area contributed by atoms with Crippen molar-refractivity contribution in [3.05, 3.63) is 48.3 Å². The van der Waals surface area contributed by atoms with E-state index in [1.165, 1.54) is 24.4 Å². The standard InChI is InChI=1S/C16H17F2N3O3/c1-2-23-11-21-10-13(9-19-21)20-15(22)8-5-12-3-6-14(7-4-12)24-16(17)18/h3-10,16H,2,11H2,1H3,(H,20,22). The molecule has 0 saturated carbocycles. The van der Waals surface area contributed by atoms with Crippen LogP contribution in [0, 0.1) is 0 Å². The number of aromatic nitrogens is 2. The van der Waals surface area contributed by atoms with Gasteiger partial charge in [0.2, 0.25) is 5.91 Å². The molecule has 128 valence electrons. The van der Waals surface area contributed by atoms with Gasteiger partial charge in [0, 0.05) is 12.7 Å². The SMILES string of the molecule is CCOCn1cc(NC(=O)C=Cc2ccc(OC(F)F)cc2)cn1. The van der Waals surface area contributed by atoms with Crippen LogP contribution in [0.2, 0.25) is 0 Å².